The summed E-state index contributed by atoms with van der Waals surface area (Å²) >= 11 is 20.0. The predicted octanol–water partition coefficient (Wildman–Crippen LogP) is 5.95. The lowest BCUT2D eigenvalue weighted by molar-refractivity contribution is 0.672. The van der Waals surface area contributed by atoms with E-state index in [9.17, 15) is 0 Å². The molecule has 0 aliphatic rings. The standard InChI is InChI=1S/C15H13Cl3N2S/c1-9(16)15-19-12-4-2-10(17)8-13(12)20(15)7-6-11-3-5-14(18)21-11/h2-5,8-9H,6-7H2,1H3. The molecule has 3 aromatic rings. The van der Waals surface area contributed by atoms with Crippen molar-refractivity contribution >= 4 is 57.2 Å². The normalized spacial score (nSPS) is 13.0. The van der Waals surface area contributed by atoms with Gasteiger partial charge < -0.3 is 4.57 Å². The van der Waals surface area contributed by atoms with Gasteiger partial charge in [0.05, 0.1) is 20.7 Å². The Morgan fingerprint density at radius 2 is 2.05 bits per heavy atom. The van der Waals surface area contributed by atoms with Crippen LogP contribution in [-0.4, -0.2) is 9.55 Å². The van der Waals surface area contributed by atoms with Crippen LogP contribution in [0.1, 0.15) is 23.0 Å². The lowest BCUT2D eigenvalue weighted by atomic mass is 10.3. The van der Waals surface area contributed by atoms with Gasteiger partial charge >= 0.3 is 0 Å². The average molecular weight is 360 g/mol. The predicted molar refractivity (Wildman–Crippen MR) is 92.0 cm³/mol. The number of nitrogens with zero attached hydrogens (tertiary/aromatic N) is 2. The second-order valence-electron chi connectivity index (χ2n) is 4.83. The minimum absolute atomic E-state index is 0.150. The van der Waals surface area contributed by atoms with Crippen molar-refractivity contribution in [1.82, 2.24) is 9.55 Å². The van der Waals surface area contributed by atoms with Gasteiger partial charge in [-0.15, -0.1) is 22.9 Å². The van der Waals surface area contributed by atoms with E-state index in [2.05, 4.69) is 15.6 Å². The molecule has 2 nitrogen and oxygen atoms in total. The summed E-state index contributed by atoms with van der Waals surface area (Å²) in [5.74, 6) is 0.872. The van der Waals surface area contributed by atoms with Crippen molar-refractivity contribution in [2.75, 3.05) is 0 Å². The lowest BCUT2D eigenvalue weighted by Gasteiger charge is -2.10. The van der Waals surface area contributed by atoms with Crippen LogP contribution in [-0.2, 0) is 13.0 Å². The van der Waals surface area contributed by atoms with Crippen LogP contribution in [0.15, 0.2) is 30.3 Å². The molecule has 0 N–H and O–H groups in total. The molecule has 0 fully saturated rings. The Hall–Kier alpha value is -0.740. The minimum atomic E-state index is -0.150. The van der Waals surface area contributed by atoms with E-state index in [1.165, 1.54) is 4.88 Å². The average Bonchev–Trinajstić information content (AvgIpc) is 3.00. The van der Waals surface area contributed by atoms with Crippen LogP contribution in [0.2, 0.25) is 9.36 Å². The molecule has 0 aliphatic heterocycles. The van der Waals surface area contributed by atoms with Gasteiger partial charge in [0.15, 0.2) is 0 Å². The van der Waals surface area contributed by atoms with E-state index in [1.807, 2.05) is 31.2 Å². The van der Waals surface area contributed by atoms with Crippen molar-refractivity contribution in [2.45, 2.75) is 25.3 Å². The van der Waals surface area contributed by atoms with Crippen LogP contribution in [0.4, 0.5) is 0 Å². The highest BCUT2D eigenvalue weighted by Crippen LogP contribution is 2.28. The Kier molecular flexibility index (Phi) is 4.46. The Labute approximate surface area is 142 Å². The first-order valence-corrected chi connectivity index (χ1v) is 8.59. The van der Waals surface area contributed by atoms with Gasteiger partial charge in [-0.2, -0.15) is 0 Å². The zero-order chi connectivity index (χ0) is 15.0. The molecule has 2 heterocycles. The highest BCUT2D eigenvalue weighted by atomic mass is 35.5. The Bertz CT molecular complexity index is 776. The molecule has 0 radical (unpaired) electrons. The summed E-state index contributed by atoms with van der Waals surface area (Å²) in [5, 5.41) is 0.555. The fraction of sp³-hybridized carbons (Fsp3) is 0.267. The first kappa shape index (κ1) is 15.2. The van der Waals surface area contributed by atoms with Gasteiger partial charge in [0, 0.05) is 16.4 Å². The molecule has 1 aromatic carbocycles. The summed E-state index contributed by atoms with van der Waals surface area (Å²) in [5.41, 5.74) is 1.94. The molecule has 3 rings (SSSR count). The highest BCUT2D eigenvalue weighted by Gasteiger charge is 2.15. The Morgan fingerprint density at radius 3 is 2.71 bits per heavy atom. The molecule has 2 aromatic heterocycles. The number of thiophene rings is 1. The third-order valence-corrected chi connectivity index (χ3v) is 5.03. The number of alkyl halides is 1. The zero-order valence-corrected chi connectivity index (χ0v) is 14.4. The van der Waals surface area contributed by atoms with E-state index < -0.39 is 0 Å². The van der Waals surface area contributed by atoms with Gasteiger partial charge in [-0.05, 0) is 43.7 Å². The number of imidazole rings is 1. The first-order chi connectivity index (χ1) is 10.0. The third kappa shape index (κ3) is 3.21. The number of aromatic nitrogens is 2. The van der Waals surface area contributed by atoms with E-state index in [0.717, 1.165) is 34.2 Å². The van der Waals surface area contributed by atoms with Gasteiger partial charge in [0.1, 0.15) is 5.82 Å². The molecule has 0 bridgehead atoms. The smallest absolute Gasteiger partial charge is 0.127 e. The number of halogens is 3. The van der Waals surface area contributed by atoms with Crippen LogP contribution < -0.4 is 0 Å². The number of rotatable bonds is 4. The van der Waals surface area contributed by atoms with Crippen molar-refractivity contribution in [3.63, 3.8) is 0 Å². The van der Waals surface area contributed by atoms with Gasteiger partial charge in [0.25, 0.3) is 0 Å². The SMILES string of the molecule is CC(Cl)c1nc2ccc(Cl)cc2n1CCc1ccc(Cl)s1. The summed E-state index contributed by atoms with van der Waals surface area (Å²) in [4.78, 5) is 5.87. The fourth-order valence-electron chi connectivity index (χ4n) is 2.36. The van der Waals surface area contributed by atoms with Crippen molar-refractivity contribution in [3.8, 4) is 0 Å². The van der Waals surface area contributed by atoms with Gasteiger partial charge in [-0.25, -0.2) is 4.98 Å². The van der Waals surface area contributed by atoms with Crippen LogP contribution in [0, 0.1) is 0 Å². The van der Waals surface area contributed by atoms with Gasteiger partial charge in [-0.1, -0.05) is 23.2 Å². The molecular weight excluding hydrogens is 347 g/mol. The van der Waals surface area contributed by atoms with Crippen LogP contribution in [0.3, 0.4) is 0 Å². The van der Waals surface area contributed by atoms with E-state index >= 15 is 0 Å². The number of benzene rings is 1. The van der Waals surface area contributed by atoms with Crippen molar-refractivity contribution in [2.24, 2.45) is 0 Å². The molecular formula is C15H13Cl3N2S. The maximum atomic E-state index is 6.27. The molecule has 0 saturated carbocycles. The molecule has 0 amide bonds. The van der Waals surface area contributed by atoms with E-state index in [0.29, 0.717) is 5.02 Å². The summed E-state index contributed by atoms with van der Waals surface area (Å²) in [6, 6.07) is 9.70. The maximum absolute atomic E-state index is 6.27. The van der Waals surface area contributed by atoms with E-state index in [-0.39, 0.29) is 5.38 Å². The van der Waals surface area contributed by atoms with Gasteiger partial charge in [0.2, 0.25) is 0 Å². The first-order valence-electron chi connectivity index (χ1n) is 6.58. The van der Waals surface area contributed by atoms with E-state index in [4.69, 9.17) is 34.8 Å². The number of hydrogen-bond donors (Lipinski definition) is 0. The summed E-state index contributed by atoms with van der Waals surface area (Å²) in [6.45, 7) is 2.74. The molecule has 21 heavy (non-hydrogen) atoms. The summed E-state index contributed by atoms with van der Waals surface area (Å²) in [7, 11) is 0. The quantitative estimate of drug-likeness (QED) is 0.526. The highest BCUT2D eigenvalue weighted by molar-refractivity contribution is 7.16. The zero-order valence-electron chi connectivity index (χ0n) is 11.3. The van der Waals surface area contributed by atoms with Crippen LogP contribution in [0.5, 0.6) is 0 Å². The molecule has 1 unspecified atom stereocenters. The Morgan fingerprint density at radius 1 is 1.24 bits per heavy atom. The second-order valence-corrected chi connectivity index (χ2v) is 7.72. The second kappa shape index (κ2) is 6.17. The summed E-state index contributed by atoms with van der Waals surface area (Å²) in [6.07, 6.45) is 0.895. The van der Waals surface area contributed by atoms with E-state index in [1.54, 1.807) is 11.3 Å². The molecule has 1 atom stereocenters. The van der Waals surface area contributed by atoms with Crippen molar-refractivity contribution in [1.29, 1.82) is 0 Å². The Balaban J connectivity index is 1.98. The molecule has 0 saturated heterocycles. The lowest BCUT2D eigenvalue weighted by Crippen LogP contribution is -2.06. The molecule has 0 spiro atoms. The van der Waals surface area contributed by atoms with Crippen LogP contribution >= 0.6 is 46.1 Å². The topological polar surface area (TPSA) is 17.8 Å². The number of aryl methyl sites for hydroxylation is 2. The fourth-order valence-corrected chi connectivity index (χ4v) is 3.77. The molecule has 0 aliphatic carbocycles. The van der Waals surface area contributed by atoms with Gasteiger partial charge in [-0.3, -0.25) is 0 Å². The number of hydrogen-bond acceptors (Lipinski definition) is 2. The third-order valence-electron chi connectivity index (χ3n) is 3.31. The largest absolute Gasteiger partial charge is 0.326 e. The molecule has 110 valence electrons. The number of fused-ring (bicyclic) bond motifs is 1. The van der Waals surface area contributed by atoms with Crippen LogP contribution in [0.25, 0.3) is 11.0 Å². The maximum Gasteiger partial charge on any atom is 0.127 e. The minimum Gasteiger partial charge on any atom is -0.326 e. The summed E-state index contributed by atoms with van der Waals surface area (Å²) < 4.78 is 2.96. The van der Waals surface area contributed by atoms with Crippen molar-refractivity contribution < 1.29 is 0 Å². The molecule has 6 heteroatoms. The monoisotopic (exact) mass is 358 g/mol. The van der Waals surface area contributed by atoms with Crippen molar-refractivity contribution in [3.05, 3.63) is 50.4 Å².